The van der Waals surface area contributed by atoms with Crippen LogP contribution in [-0.2, 0) is 61.1 Å². The van der Waals surface area contributed by atoms with E-state index in [1.54, 1.807) is 0 Å². The smallest absolute Gasteiger partial charge is 0.200 e. The lowest BCUT2D eigenvalue weighted by molar-refractivity contribution is -0.274. The third-order valence-electron chi connectivity index (χ3n) is 12.3. The maximum absolute atomic E-state index is 7.43. The van der Waals surface area contributed by atoms with Crippen molar-refractivity contribution in [2.75, 3.05) is 6.61 Å². The molecule has 0 aromatic heterocycles. The van der Waals surface area contributed by atoms with Gasteiger partial charge in [-0.05, 0) is 66.8 Å². The van der Waals surface area contributed by atoms with E-state index in [1.165, 1.54) is 0 Å². The molecular weight excluding hydrogens is 773 g/mol. The standard InChI is InChI=1S/C54H64O6Si/c1-39(2)61(40(3)4,41(5)6)59-37-46-31-47-29-19-20-30-48(47)49(32-46)51-53(57-35-44-25-15-9-16-26-44)54(58-36-45-27-17-10-18-28-45)52(56-34-43-23-13-8-14-24-43)50(60-51)38-55-33-42-21-11-7-12-22-42/h7-32,39-41,50-54H,33-38H2,1-6H3/t50-,51+,52-,53+,54+/m1/s1. The van der Waals surface area contributed by atoms with Gasteiger partial charge in [0.25, 0.3) is 0 Å². The van der Waals surface area contributed by atoms with Crippen molar-refractivity contribution >= 4 is 19.1 Å². The van der Waals surface area contributed by atoms with Gasteiger partial charge in [-0.3, -0.25) is 0 Å². The largest absolute Gasteiger partial charge is 0.412 e. The molecule has 0 saturated carbocycles. The van der Waals surface area contributed by atoms with Crippen LogP contribution in [0.5, 0.6) is 0 Å². The molecule has 320 valence electrons. The van der Waals surface area contributed by atoms with E-state index in [4.69, 9.17) is 28.1 Å². The van der Waals surface area contributed by atoms with Crippen LogP contribution in [-0.4, -0.2) is 39.3 Å². The second-order valence-electron chi connectivity index (χ2n) is 17.4. The second kappa shape index (κ2) is 21.6. The highest BCUT2D eigenvalue weighted by molar-refractivity contribution is 6.77. The topological polar surface area (TPSA) is 55.4 Å². The van der Waals surface area contributed by atoms with Crippen LogP contribution >= 0.6 is 0 Å². The average Bonchev–Trinajstić information content (AvgIpc) is 3.28. The molecule has 61 heavy (non-hydrogen) atoms. The van der Waals surface area contributed by atoms with Gasteiger partial charge in [0.1, 0.15) is 30.5 Å². The van der Waals surface area contributed by atoms with E-state index in [0.717, 1.165) is 44.2 Å². The normalized spacial score (nSPS) is 19.6. The summed E-state index contributed by atoms with van der Waals surface area (Å²) < 4.78 is 42.5. The highest BCUT2D eigenvalue weighted by atomic mass is 28.4. The Kier molecular flexibility index (Phi) is 15.8. The van der Waals surface area contributed by atoms with E-state index in [2.05, 4.69) is 139 Å². The van der Waals surface area contributed by atoms with E-state index >= 15 is 0 Å². The lowest BCUT2D eigenvalue weighted by Crippen LogP contribution is -2.58. The van der Waals surface area contributed by atoms with Crippen LogP contribution in [0.15, 0.2) is 158 Å². The van der Waals surface area contributed by atoms with Gasteiger partial charge in [-0.15, -0.1) is 0 Å². The van der Waals surface area contributed by atoms with Gasteiger partial charge in [-0.1, -0.05) is 193 Å². The monoisotopic (exact) mass is 836 g/mol. The zero-order valence-electron chi connectivity index (χ0n) is 36.8. The molecule has 6 aromatic rings. The molecule has 1 heterocycles. The number of hydrogen-bond donors (Lipinski definition) is 0. The summed E-state index contributed by atoms with van der Waals surface area (Å²) in [5.41, 5.74) is 7.89. The minimum Gasteiger partial charge on any atom is -0.412 e. The highest BCUT2D eigenvalue weighted by Gasteiger charge is 2.50. The molecule has 5 atom stereocenters. The van der Waals surface area contributed by atoms with E-state index in [9.17, 15) is 0 Å². The molecule has 0 unspecified atom stereocenters. The summed E-state index contributed by atoms with van der Waals surface area (Å²) in [6, 6.07) is 54.4. The molecule has 0 aliphatic carbocycles. The third-order valence-corrected chi connectivity index (χ3v) is 18.4. The zero-order valence-corrected chi connectivity index (χ0v) is 37.8. The van der Waals surface area contributed by atoms with Gasteiger partial charge in [0, 0.05) is 0 Å². The second-order valence-corrected chi connectivity index (χ2v) is 22.9. The Balaban J connectivity index is 1.33. The van der Waals surface area contributed by atoms with Crippen molar-refractivity contribution in [2.24, 2.45) is 0 Å². The molecule has 0 amide bonds. The Morgan fingerprint density at radius 2 is 0.902 bits per heavy atom. The van der Waals surface area contributed by atoms with Crippen LogP contribution in [0, 0.1) is 0 Å². The number of fused-ring (bicyclic) bond motifs is 1. The van der Waals surface area contributed by atoms with Crippen LogP contribution in [0.2, 0.25) is 16.6 Å². The zero-order chi connectivity index (χ0) is 42.6. The molecule has 7 heteroatoms. The molecule has 1 saturated heterocycles. The molecule has 0 N–H and O–H groups in total. The predicted octanol–water partition coefficient (Wildman–Crippen LogP) is 12.9. The van der Waals surface area contributed by atoms with Crippen LogP contribution in [0.1, 0.15) is 81.0 Å². The minimum absolute atomic E-state index is 0.299. The fourth-order valence-electron chi connectivity index (χ4n) is 9.47. The summed E-state index contributed by atoms with van der Waals surface area (Å²) >= 11 is 0. The molecule has 6 aromatic carbocycles. The quantitative estimate of drug-likeness (QED) is 0.0714. The Labute approximate surface area is 365 Å². The molecule has 7 rings (SSSR count). The number of benzene rings is 6. The van der Waals surface area contributed by atoms with Crippen molar-refractivity contribution in [3.05, 3.63) is 191 Å². The van der Waals surface area contributed by atoms with Gasteiger partial charge >= 0.3 is 0 Å². The molecule has 1 fully saturated rings. The lowest BCUT2D eigenvalue weighted by atomic mass is 9.87. The maximum Gasteiger partial charge on any atom is 0.200 e. The van der Waals surface area contributed by atoms with Crippen molar-refractivity contribution in [3.8, 4) is 0 Å². The predicted molar refractivity (Wildman–Crippen MR) is 249 cm³/mol. The number of rotatable bonds is 20. The van der Waals surface area contributed by atoms with Crippen molar-refractivity contribution < 1.29 is 28.1 Å². The Hall–Kier alpha value is -4.44. The van der Waals surface area contributed by atoms with E-state index in [0.29, 0.717) is 56.3 Å². The van der Waals surface area contributed by atoms with Crippen LogP contribution in [0.25, 0.3) is 10.8 Å². The fourth-order valence-corrected chi connectivity index (χ4v) is 14.9. The van der Waals surface area contributed by atoms with Gasteiger partial charge in [-0.25, -0.2) is 0 Å². The summed E-state index contributed by atoms with van der Waals surface area (Å²) in [4.78, 5) is 0. The number of hydrogen-bond acceptors (Lipinski definition) is 6. The third kappa shape index (κ3) is 11.1. The van der Waals surface area contributed by atoms with Gasteiger partial charge in [-0.2, -0.15) is 0 Å². The van der Waals surface area contributed by atoms with E-state index in [-0.39, 0.29) is 0 Å². The van der Waals surface area contributed by atoms with Crippen molar-refractivity contribution in [2.45, 2.75) is 122 Å². The first-order valence-electron chi connectivity index (χ1n) is 22.1. The fraction of sp³-hybridized carbons (Fsp3) is 0.370. The average molecular weight is 837 g/mol. The van der Waals surface area contributed by atoms with Crippen molar-refractivity contribution in [1.29, 1.82) is 0 Å². The summed E-state index contributed by atoms with van der Waals surface area (Å²) in [7, 11) is -2.16. The SMILES string of the molecule is CC(C)[Si](OCc1cc([C@@H]2O[C@H](COCc3ccccc3)[C@@H](OCc3ccccc3)[C@H](OCc3ccccc3)[C@H]2OCc2ccccc2)c2ccccc2c1)(C(C)C)C(C)C. The Morgan fingerprint density at radius 3 is 1.41 bits per heavy atom. The molecule has 0 spiro atoms. The van der Waals surface area contributed by atoms with E-state index < -0.39 is 38.8 Å². The van der Waals surface area contributed by atoms with Crippen LogP contribution in [0.4, 0.5) is 0 Å². The van der Waals surface area contributed by atoms with E-state index in [1.807, 2.05) is 60.7 Å². The molecule has 6 nitrogen and oxygen atoms in total. The summed E-state index contributed by atoms with van der Waals surface area (Å²) in [5.74, 6) is 0. The summed E-state index contributed by atoms with van der Waals surface area (Å²) in [6.45, 7) is 16.5. The molecule has 0 radical (unpaired) electrons. The van der Waals surface area contributed by atoms with Gasteiger partial charge in [0.2, 0.25) is 8.32 Å². The Bertz CT molecular complexity index is 2180. The molecule has 0 bridgehead atoms. The van der Waals surface area contributed by atoms with Gasteiger partial charge in [0.05, 0.1) is 39.6 Å². The minimum atomic E-state index is -2.16. The van der Waals surface area contributed by atoms with Crippen molar-refractivity contribution in [1.82, 2.24) is 0 Å². The number of ether oxygens (including phenoxy) is 5. The maximum atomic E-state index is 7.43. The van der Waals surface area contributed by atoms with Crippen LogP contribution < -0.4 is 0 Å². The first-order valence-corrected chi connectivity index (χ1v) is 24.3. The summed E-state index contributed by atoms with van der Waals surface area (Å²) in [6.07, 6.45) is -2.62. The highest BCUT2D eigenvalue weighted by Crippen LogP contribution is 2.44. The van der Waals surface area contributed by atoms with Crippen molar-refractivity contribution in [3.63, 3.8) is 0 Å². The molecule has 1 aliphatic rings. The first-order chi connectivity index (χ1) is 29.7. The van der Waals surface area contributed by atoms with Gasteiger partial charge < -0.3 is 28.1 Å². The summed E-state index contributed by atoms with van der Waals surface area (Å²) in [5, 5.41) is 2.25. The lowest BCUT2D eigenvalue weighted by Gasteiger charge is -2.47. The first kappa shape index (κ1) is 44.6. The van der Waals surface area contributed by atoms with Gasteiger partial charge in [0.15, 0.2) is 0 Å². The molecular formula is C54H64O6Si. The molecule has 1 aliphatic heterocycles. The Morgan fingerprint density at radius 1 is 0.459 bits per heavy atom. The van der Waals surface area contributed by atoms with Crippen LogP contribution in [0.3, 0.4) is 0 Å².